The van der Waals surface area contributed by atoms with Gasteiger partial charge in [0.2, 0.25) is 0 Å². The Hall–Kier alpha value is -3.43. The predicted molar refractivity (Wildman–Crippen MR) is 158 cm³/mol. The van der Waals surface area contributed by atoms with Gasteiger partial charge in [-0.05, 0) is 65.7 Å². The normalized spacial score (nSPS) is 11.3. The van der Waals surface area contributed by atoms with Gasteiger partial charge in [-0.2, -0.15) is 0 Å². The lowest BCUT2D eigenvalue weighted by molar-refractivity contribution is -0.384. The number of benzene rings is 4. The van der Waals surface area contributed by atoms with E-state index in [1.807, 2.05) is 47.4 Å². The van der Waals surface area contributed by atoms with E-state index < -0.39 is 4.92 Å². The van der Waals surface area contributed by atoms with Crippen molar-refractivity contribution in [3.63, 3.8) is 0 Å². The maximum Gasteiger partial charge on any atom is 0.290 e. The fraction of sp³-hybridized carbons (Fsp3) is 0.107. The summed E-state index contributed by atoms with van der Waals surface area (Å²) in [7, 11) is 1.59. The molecule has 7 nitrogen and oxygen atoms in total. The average Bonchev–Trinajstić information content (AvgIpc) is 2.92. The zero-order valence-corrected chi connectivity index (χ0v) is 23.6. The van der Waals surface area contributed by atoms with Crippen molar-refractivity contribution in [2.45, 2.75) is 18.0 Å². The SMILES string of the molecule is COc1cccc(SC(=Nc2ccc(Cl)c([N+](=O)[O-])c2)N(Cc2ccc(O)cc2)Cc2ccc(Cl)c(Cl)c2)c1. The highest BCUT2D eigenvalue weighted by molar-refractivity contribution is 8.13. The first-order valence-electron chi connectivity index (χ1n) is 11.5. The van der Waals surface area contributed by atoms with Crippen LogP contribution in [0.1, 0.15) is 11.1 Å². The van der Waals surface area contributed by atoms with Crippen molar-refractivity contribution in [3.8, 4) is 11.5 Å². The lowest BCUT2D eigenvalue weighted by Crippen LogP contribution is -2.28. The number of nitrogens with zero attached hydrogens (tertiary/aromatic N) is 3. The molecule has 11 heteroatoms. The monoisotopic (exact) mass is 601 g/mol. The number of nitro groups is 1. The molecule has 0 amide bonds. The van der Waals surface area contributed by atoms with Gasteiger partial charge >= 0.3 is 0 Å². The zero-order chi connectivity index (χ0) is 27.9. The molecule has 0 bridgehead atoms. The summed E-state index contributed by atoms with van der Waals surface area (Å²) in [6.45, 7) is 0.801. The molecule has 200 valence electrons. The summed E-state index contributed by atoms with van der Waals surface area (Å²) in [4.78, 5) is 18.7. The first kappa shape index (κ1) is 28.6. The van der Waals surface area contributed by atoms with Gasteiger partial charge in [-0.3, -0.25) is 10.1 Å². The molecular weight excluding hydrogens is 581 g/mol. The quantitative estimate of drug-likeness (QED) is 0.0713. The van der Waals surface area contributed by atoms with Crippen LogP contribution in [0.15, 0.2) is 94.8 Å². The second-order valence-electron chi connectivity index (χ2n) is 8.34. The second-order valence-corrected chi connectivity index (χ2v) is 10.6. The minimum atomic E-state index is -0.542. The van der Waals surface area contributed by atoms with Crippen molar-refractivity contribution >= 4 is 63.1 Å². The van der Waals surface area contributed by atoms with Gasteiger partial charge in [-0.15, -0.1) is 0 Å². The van der Waals surface area contributed by atoms with E-state index in [0.29, 0.717) is 39.7 Å². The van der Waals surface area contributed by atoms with E-state index in [2.05, 4.69) is 0 Å². The van der Waals surface area contributed by atoms with E-state index in [-0.39, 0.29) is 16.5 Å². The molecule has 0 aliphatic heterocycles. The van der Waals surface area contributed by atoms with E-state index in [1.54, 1.807) is 37.4 Å². The number of methoxy groups -OCH3 is 1. The van der Waals surface area contributed by atoms with Crippen molar-refractivity contribution in [2.75, 3.05) is 7.11 Å². The molecule has 0 aliphatic rings. The van der Waals surface area contributed by atoms with Crippen molar-refractivity contribution in [3.05, 3.63) is 121 Å². The number of ether oxygens (including phenoxy) is 1. The zero-order valence-electron chi connectivity index (χ0n) is 20.6. The molecule has 0 unspecified atom stereocenters. The second kappa shape index (κ2) is 13.1. The number of hydrogen-bond donors (Lipinski definition) is 1. The summed E-state index contributed by atoms with van der Waals surface area (Å²) in [5.74, 6) is 0.832. The lowest BCUT2D eigenvalue weighted by Gasteiger charge is -2.26. The largest absolute Gasteiger partial charge is 0.508 e. The van der Waals surface area contributed by atoms with E-state index in [0.717, 1.165) is 16.0 Å². The van der Waals surface area contributed by atoms with Crippen LogP contribution in [-0.2, 0) is 13.1 Å². The fourth-order valence-corrected chi connectivity index (χ4v) is 5.07. The highest BCUT2D eigenvalue weighted by Gasteiger charge is 2.19. The Morgan fingerprint density at radius 3 is 2.31 bits per heavy atom. The molecule has 0 saturated carbocycles. The van der Waals surface area contributed by atoms with E-state index in [4.69, 9.17) is 44.5 Å². The van der Waals surface area contributed by atoms with Crippen LogP contribution in [0.3, 0.4) is 0 Å². The number of amidine groups is 1. The number of rotatable bonds is 8. The third-order valence-electron chi connectivity index (χ3n) is 5.54. The van der Waals surface area contributed by atoms with Crippen LogP contribution in [-0.4, -0.2) is 27.2 Å². The summed E-state index contributed by atoms with van der Waals surface area (Å²) in [6, 6.07) is 24.2. The number of phenolic OH excluding ortho intramolecular Hbond substituents is 1. The third-order valence-corrected chi connectivity index (χ3v) is 7.62. The Morgan fingerprint density at radius 1 is 0.923 bits per heavy atom. The smallest absolute Gasteiger partial charge is 0.290 e. The number of phenols is 1. The predicted octanol–water partition coefficient (Wildman–Crippen LogP) is 8.75. The molecular formula is C28H22Cl3N3O4S. The molecule has 0 atom stereocenters. The Morgan fingerprint density at radius 2 is 1.62 bits per heavy atom. The Kier molecular flexibility index (Phi) is 9.59. The van der Waals surface area contributed by atoms with Crippen LogP contribution in [0.25, 0.3) is 0 Å². The summed E-state index contributed by atoms with van der Waals surface area (Å²) in [5.41, 5.74) is 1.91. The molecule has 4 aromatic rings. The molecule has 0 heterocycles. The maximum atomic E-state index is 11.5. The van der Waals surface area contributed by atoms with Gasteiger partial charge in [0.15, 0.2) is 5.17 Å². The Bertz CT molecular complexity index is 1520. The number of aliphatic imine (C=N–C) groups is 1. The highest BCUT2D eigenvalue weighted by atomic mass is 35.5. The number of hydrogen-bond acceptors (Lipinski definition) is 6. The summed E-state index contributed by atoms with van der Waals surface area (Å²) in [6.07, 6.45) is 0. The van der Waals surface area contributed by atoms with Crippen LogP contribution in [0.4, 0.5) is 11.4 Å². The van der Waals surface area contributed by atoms with Crippen molar-refractivity contribution in [2.24, 2.45) is 4.99 Å². The molecule has 4 aromatic carbocycles. The molecule has 0 radical (unpaired) electrons. The minimum absolute atomic E-state index is 0.0257. The molecule has 0 saturated heterocycles. The molecule has 0 aromatic heterocycles. The van der Waals surface area contributed by atoms with Crippen molar-refractivity contribution in [1.29, 1.82) is 0 Å². The number of nitro benzene ring substituents is 1. The van der Waals surface area contributed by atoms with Gasteiger partial charge in [0.25, 0.3) is 5.69 Å². The summed E-state index contributed by atoms with van der Waals surface area (Å²) in [5, 5.41) is 22.7. The number of halogens is 3. The minimum Gasteiger partial charge on any atom is -0.508 e. The maximum absolute atomic E-state index is 11.5. The third kappa shape index (κ3) is 7.80. The fourth-order valence-electron chi connectivity index (χ4n) is 3.62. The van der Waals surface area contributed by atoms with Gasteiger partial charge in [0, 0.05) is 24.1 Å². The van der Waals surface area contributed by atoms with Gasteiger partial charge in [-0.1, -0.05) is 70.8 Å². The first-order chi connectivity index (χ1) is 18.7. The molecule has 39 heavy (non-hydrogen) atoms. The summed E-state index contributed by atoms with van der Waals surface area (Å²) >= 11 is 19.9. The molecule has 0 fully saturated rings. The van der Waals surface area contributed by atoms with Gasteiger partial charge in [-0.25, -0.2) is 4.99 Å². The van der Waals surface area contributed by atoms with Crippen LogP contribution in [0, 0.1) is 10.1 Å². The molecule has 0 aliphatic carbocycles. The Balaban J connectivity index is 1.82. The van der Waals surface area contributed by atoms with Crippen molar-refractivity contribution < 1.29 is 14.8 Å². The van der Waals surface area contributed by atoms with E-state index in [9.17, 15) is 15.2 Å². The lowest BCUT2D eigenvalue weighted by atomic mass is 10.1. The van der Waals surface area contributed by atoms with E-state index in [1.165, 1.54) is 23.9 Å². The van der Waals surface area contributed by atoms with Gasteiger partial charge in [0.1, 0.15) is 16.5 Å². The number of thioether (sulfide) groups is 1. The van der Waals surface area contributed by atoms with Gasteiger partial charge in [0.05, 0.1) is 27.8 Å². The highest BCUT2D eigenvalue weighted by Crippen LogP contribution is 2.33. The molecule has 1 N–H and O–H groups in total. The van der Waals surface area contributed by atoms with E-state index >= 15 is 0 Å². The van der Waals surface area contributed by atoms with Crippen LogP contribution < -0.4 is 4.74 Å². The average molecular weight is 603 g/mol. The number of aromatic hydroxyl groups is 1. The first-order valence-corrected chi connectivity index (χ1v) is 13.5. The van der Waals surface area contributed by atoms with Crippen LogP contribution in [0.2, 0.25) is 15.1 Å². The van der Waals surface area contributed by atoms with Crippen LogP contribution >= 0.6 is 46.6 Å². The standard InChI is InChI=1S/C28H22Cl3N3O4S/c1-38-22-3-2-4-23(15-22)39-28(32-20-8-12-25(30)27(14-20)34(36)37)33(16-18-5-9-21(35)10-6-18)17-19-7-11-24(29)26(31)13-19/h2-15,35H,16-17H2,1H3. The molecule has 4 rings (SSSR count). The molecule has 0 spiro atoms. The Labute approximate surface area is 244 Å². The van der Waals surface area contributed by atoms with Gasteiger partial charge < -0.3 is 14.7 Å². The topological polar surface area (TPSA) is 88.2 Å². The van der Waals surface area contributed by atoms with Crippen molar-refractivity contribution in [1.82, 2.24) is 4.90 Å². The van der Waals surface area contributed by atoms with Crippen LogP contribution in [0.5, 0.6) is 11.5 Å². The summed E-state index contributed by atoms with van der Waals surface area (Å²) < 4.78 is 5.39.